The molecule has 1 aliphatic heterocycles. The molecule has 3 N–H and O–H groups in total. The summed E-state index contributed by atoms with van der Waals surface area (Å²) in [6, 6.07) is 9.38. The van der Waals surface area contributed by atoms with E-state index in [-0.39, 0.29) is 12.5 Å². The fourth-order valence-electron chi connectivity index (χ4n) is 2.39. The molecule has 1 fully saturated rings. The van der Waals surface area contributed by atoms with Gasteiger partial charge >= 0.3 is 0 Å². The second-order valence-electron chi connectivity index (χ2n) is 5.24. The summed E-state index contributed by atoms with van der Waals surface area (Å²) < 4.78 is 0. The number of nitrogens with one attached hydrogen (secondary N) is 2. The summed E-state index contributed by atoms with van der Waals surface area (Å²) in [7, 11) is 1.85. The highest BCUT2D eigenvalue weighted by Crippen LogP contribution is 2.15. The fraction of sp³-hybridized carbons (Fsp3) is 0.500. The Hall–Kier alpha value is -1.43. The Balaban J connectivity index is 1.78. The van der Waals surface area contributed by atoms with Gasteiger partial charge in [0.15, 0.2) is 0 Å². The van der Waals surface area contributed by atoms with Crippen LogP contribution >= 0.6 is 0 Å². The predicted molar refractivity (Wildman–Crippen MR) is 75.0 cm³/mol. The Bertz CT molecular complexity index is 416. The number of aliphatic hydroxyl groups is 1. The van der Waals surface area contributed by atoms with Crippen LogP contribution in [0.4, 0.5) is 5.69 Å². The zero-order chi connectivity index (χ0) is 13.7. The summed E-state index contributed by atoms with van der Waals surface area (Å²) in [6.45, 7) is 2.21. The molecule has 1 saturated heterocycles. The summed E-state index contributed by atoms with van der Waals surface area (Å²) in [5, 5.41) is 16.2. The zero-order valence-electron chi connectivity index (χ0n) is 11.2. The Labute approximate surface area is 113 Å². The smallest absolute Gasteiger partial charge is 0.238 e. The minimum Gasteiger partial charge on any atom is -0.387 e. The van der Waals surface area contributed by atoms with Gasteiger partial charge in [0.2, 0.25) is 5.91 Å². The molecule has 0 bridgehead atoms. The third kappa shape index (κ3) is 4.31. The van der Waals surface area contributed by atoms with E-state index in [1.165, 1.54) is 0 Å². The first-order valence-electron chi connectivity index (χ1n) is 6.54. The van der Waals surface area contributed by atoms with Crippen molar-refractivity contribution in [3.63, 3.8) is 0 Å². The molecule has 1 unspecified atom stereocenters. The predicted octanol–water partition coefficient (Wildman–Crippen LogP) is 0.281. The van der Waals surface area contributed by atoms with Gasteiger partial charge in [0.05, 0.1) is 12.1 Å². The maximum absolute atomic E-state index is 11.9. The highest BCUT2D eigenvalue weighted by molar-refractivity contribution is 5.92. The number of carbonyl (C=O) groups is 1. The van der Waals surface area contributed by atoms with E-state index in [0.717, 1.165) is 18.7 Å². The molecule has 0 aliphatic carbocycles. The van der Waals surface area contributed by atoms with Gasteiger partial charge in [0.1, 0.15) is 0 Å². The first-order valence-corrected chi connectivity index (χ1v) is 6.54. The molecule has 5 heteroatoms. The molecule has 1 heterocycles. The van der Waals surface area contributed by atoms with Gasteiger partial charge in [-0.2, -0.15) is 0 Å². The number of carbonyl (C=O) groups excluding carboxylic acids is 1. The van der Waals surface area contributed by atoms with E-state index < -0.39 is 5.60 Å². The Kier molecular flexibility index (Phi) is 4.52. The molecule has 1 aliphatic rings. The lowest BCUT2D eigenvalue weighted by atomic mass is 10.0. The van der Waals surface area contributed by atoms with E-state index in [0.29, 0.717) is 13.1 Å². The van der Waals surface area contributed by atoms with Crippen LogP contribution in [0.15, 0.2) is 30.3 Å². The molecule has 0 spiro atoms. The summed E-state index contributed by atoms with van der Waals surface area (Å²) >= 11 is 0. The minimum atomic E-state index is -0.707. The average molecular weight is 263 g/mol. The standard InChI is InChI=1S/C14H21N3O2/c1-17(11-14(19)7-8-15-10-14)9-13(18)16-12-5-3-2-4-6-12/h2-6,15,19H,7-11H2,1H3,(H,16,18). The van der Waals surface area contributed by atoms with Gasteiger partial charge in [-0.05, 0) is 32.1 Å². The largest absolute Gasteiger partial charge is 0.387 e. The van der Waals surface area contributed by atoms with Crippen LogP contribution in [-0.2, 0) is 4.79 Å². The van der Waals surface area contributed by atoms with E-state index in [1.54, 1.807) is 0 Å². The van der Waals surface area contributed by atoms with Crippen molar-refractivity contribution >= 4 is 11.6 Å². The van der Waals surface area contributed by atoms with Gasteiger partial charge < -0.3 is 15.7 Å². The first-order chi connectivity index (χ1) is 9.07. The van der Waals surface area contributed by atoms with E-state index in [2.05, 4.69) is 10.6 Å². The van der Waals surface area contributed by atoms with Crippen molar-refractivity contribution in [3.05, 3.63) is 30.3 Å². The first kappa shape index (κ1) is 14.0. The molecule has 2 rings (SSSR count). The molecule has 1 atom stereocenters. The second-order valence-corrected chi connectivity index (χ2v) is 5.24. The summed E-state index contributed by atoms with van der Waals surface area (Å²) in [6.07, 6.45) is 0.734. The number of hydrogen-bond acceptors (Lipinski definition) is 4. The molecule has 1 aromatic rings. The third-order valence-electron chi connectivity index (χ3n) is 3.26. The zero-order valence-corrected chi connectivity index (χ0v) is 11.2. The van der Waals surface area contributed by atoms with Crippen molar-refractivity contribution < 1.29 is 9.90 Å². The van der Waals surface area contributed by atoms with Crippen LogP contribution in [-0.4, -0.2) is 54.7 Å². The van der Waals surface area contributed by atoms with Crippen molar-refractivity contribution in [1.82, 2.24) is 10.2 Å². The number of nitrogens with zero attached hydrogens (tertiary/aromatic N) is 1. The van der Waals surface area contributed by atoms with E-state index in [4.69, 9.17) is 0 Å². The normalized spacial score (nSPS) is 22.7. The van der Waals surface area contributed by atoms with Crippen LogP contribution in [0.5, 0.6) is 0 Å². The maximum Gasteiger partial charge on any atom is 0.238 e. The van der Waals surface area contributed by atoms with Gasteiger partial charge in [-0.15, -0.1) is 0 Å². The quantitative estimate of drug-likeness (QED) is 0.714. The molecule has 104 valence electrons. The highest BCUT2D eigenvalue weighted by Gasteiger charge is 2.32. The fourth-order valence-corrected chi connectivity index (χ4v) is 2.39. The number of benzene rings is 1. The van der Waals surface area contributed by atoms with Gasteiger partial charge in [0, 0.05) is 18.8 Å². The molecule has 1 aromatic carbocycles. The number of likely N-dealkylation sites (N-methyl/N-ethyl adjacent to an activating group) is 1. The molecule has 0 saturated carbocycles. The van der Waals surface area contributed by atoms with Crippen molar-refractivity contribution in [1.29, 1.82) is 0 Å². The number of amides is 1. The topological polar surface area (TPSA) is 64.6 Å². The van der Waals surface area contributed by atoms with Crippen LogP contribution < -0.4 is 10.6 Å². The average Bonchev–Trinajstić information content (AvgIpc) is 2.76. The summed E-state index contributed by atoms with van der Waals surface area (Å²) in [5.74, 6) is -0.0664. The molecule has 0 aromatic heterocycles. The van der Waals surface area contributed by atoms with Crippen LogP contribution in [0.2, 0.25) is 0 Å². The molecule has 1 amide bonds. The third-order valence-corrected chi connectivity index (χ3v) is 3.26. The van der Waals surface area contributed by atoms with Crippen molar-refractivity contribution in [2.24, 2.45) is 0 Å². The number of rotatable bonds is 5. The van der Waals surface area contributed by atoms with Gasteiger partial charge in [-0.3, -0.25) is 9.69 Å². The van der Waals surface area contributed by atoms with E-state index in [1.807, 2.05) is 42.3 Å². The van der Waals surface area contributed by atoms with Crippen LogP contribution in [0.3, 0.4) is 0 Å². The Morgan fingerprint density at radius 2 is 2.21 bits per heavy atom. The van der Waals surface area contributed by atoms with E-state index >= 15 is 0 Å². The number of anilines is 1. The monoisotopic (exact) mass is 263 g/mol. The van der Waals surface area contributed by atoms with E-state index in [9.17, 15) is 9.90 Å². The SMILES string of the molecule is CN(CC(=O)Nc1ccccc1)CC1(O)CCNC1. The molecule has 0 radical (unpaired) electrons. The maximum atomic E-state index is 11.9. The van der Waals surface area contributed by atoms with Gasteiger partial charge in [-0.25, -0.2) is 0 Å². The lowest BCUT2D eigenvalue weighted by Gasteiger charge is -2.27. The number of β-amino-alcohol motifs (C(OH)–C–C–N with tert-alkyl or cyclic N) is 1. The van der Waals surface area contributed by atoms with Crippen LogP contribution in [0.25, 0.3) is 0 Å². The number of para-hydroxylation sites is 1. The van der Waals surface area contributed by atoms with Gasteiger partial charge in [-0.1, -0.05) is 18.2 Å². The van der Waals surface area contributed by atoms with Crippen LogP contribution in [0, 0.1) is 0 Å². The van der Waals surface area contributed by atoms with Crippen LogP contribution in [0.1, 0.15) is 6.42 Å². The molecular formula is C14H21N3O2. The minimum absolute atomic E-state index is 0.0664. The molecule has 5 nitrogen and oxygen atoms in total. The highest BCUT2D eigenvalue weighted by atomic mass is 16.3. The number of hydrogen-bond donors (Lipinski definition) is 3. The molecular weight excluding hydrogens is 242 g/mol. The van der Waals surface area contributed by atoms with Crippen molar-refractivity contribution in [3.8, 4) is 0 Å². The van der Waals surface area contributed by atoms with Gasteiger partial charge in [0.25, 0.3) is 0 Å². The van der Waals surface area contributed by atoms with Crippen molar-refractivity contribution in [2.75, 3.05) is 38.5 Å². The lowest BCUT2D eigenvalue weighted by molar-refractivity contribution is -0.117. The summed E-state index contributed by atoms with van der Waals surface area (Å²) in [5.41, 5.74) is 0.0871. The second kappa shape index (κ2) is 6.14. The van der Waals surface area contributed by atoms with Crippen molar-refractivity contribution in [2.45, 2.75) is 12.0 Å². The molecule has 19 heavy (non-hydrogen) atoms. The Morgan fingerprint density at radius 3 is 2.84 bits per heavy atom. The lowest BCUT2D eigenvalue weighted by Crippen LogP contribution is -2.45. The summed E-state index contributed by atoms with van der Waals surface area (Å²) in [4.78, 5) is 13.7. The Morgan fingerprint density at radius 1 is 1.47 bits per heavy atom.